The molecule has 0 aromatic rings. The van der Waals surface area contributed by atoms with E-state index in [1.807, 2.05) is 0 Å². The molecule has 0 amide bonds. The molecule has 1 unspecified atom stereocenters. The third-order valence-electron chi connectivity index (χ3n) is 3.58. The van der Waals surface area contributed by atoms with Crippen molar-refractivity contribution < 1.29 is 5.11 Å². The van der Waals surface area contributed by atoms with Crippen LogP contribution in [0.5, 0.6) is 0 Å². The molecule has 1 atom stereocenters. The van der Waals surface area contributed by atoms with Gasteiger partial charge in [-0.25, -0.2) is 0 Å². The molecule has 2 nitrogen and oxygen atoms in total. The Morgan fingerprint density at radius 1 is 1.25 bits per heavy atom. The van der Waals surface area contributed by atoms with Gasteiger partial charge >= 0.3 is 0 Å². The van der Waals surface area contributed by atoms with Gasteiger partial charge in [0.05, 0.1) is 6.61 Å². The van der Waals surface area contributed by atoms with Gasteiger partial charge in [-0.15, -0.1) is 0 Å². The second kappa shape index (κ2) is 3.35. The summed E-state index contributed by atoms with van der Waals surface area (Å²) in [5, 5.41) is 12.4. The molecule has 0 radical (unpaired) electrons. The van der Waals surface area contributed by atoms with E-state index in [1.165, 1.54) is 38.5 Å². The molecule has 0 aromatic heterocycles. The lowest BCUT2D eigenvalue weighted by molar-refractivity contribution is 0.196. The Morgan fingerprint density at radius 3 is 2.58 bits per heavy atom. The molecular weight excluding hydrogens is 150 g/mol. The molecule has 1 spiro atoms. The lowest BCUT2D eigenvalue weighted by Gasteiger charge is -2.32. The van der Waals surface area contributed by atoms with Crippen LogP contribution in [0.1, 0.15) is 38.5 Å². The molecule has 1 aliphatic carbocycles. The maximum atomic E-state index is 9.02. The van der Waals surface area contributed by atoms with E-state index in [-0.39, 0.29) is 0 Å². The summed E-state index contributed by atoms with van der Waals surface area (Å²) < 4.78 is 0. The van der Waals surface area contributed by atoms with E-state index in [2.05, 4.69) is 5.32 Å². The smallest absolute Gasteiger partial charge is 0.0584 e. The molecule has 2 N–H and O–H groups in total. The molecule has 1 saturated heterocycles. The topological polar surface area (TPSA) is 32.3 Å². The fourth-order valence-electron chi connectivity index (χ4n) is 2.84. The molecule has 12 heavy (non-hydrogen) atoms. The highest BCUT2D eigenvalue weighted by Gasteiger charge is 2.38. The molecule has 2 aliphatic rings. The summed E-state index contributed by atoms with van der Waals surface area (Å²) in [4.78, 5) is 0. The summed E-state index contributed by atoms with van der Waals surface area (Å²) in [5.41, 5.74) is 0.575. The summed E-state index contributed by atoms with van der Waals surface area (Å²) in [6, 6.07) is 0.392. The van der Waals surface area contributed by atoms with Crippen LogP contribution in [0.2, 0.25) is 0 Å². The average molecular weight is 169 g/mol. The second-order valence-corrected chi connectivity index (χ2v) is 4.53. The first kappa shape index (κ1) is 8.52. The van der Waals surface area contributed by atoms with Crippen molar-refractivity contribution in [2.45, 2.75) is 44.6 Å². The Morgan fingerprint density at radius 2 is 2.00 bits per heavy atom. The van der Waals surface area contributed by atoms with Crippen molar-refractivity contribution in [2.75, 3.05) is 13.2 Å². The zero-order valence-corrected chi connectivity index (χ0v) is 7.68. The van der Waals surface area contributed by atoms with Gasteiger partial charge in [-0.2, -0.15) is 0 Å². The summed E-state index contributed by atoms with van der Waals surface area (Å²) >= 11 is 0. The highest BCUT2D eigenvalue weighted by Crippen LogP contribution is 2.42. The van der Waals surface area contributed by atoms with Gasteiger partial charge in [0.1, 0.15) is 0 Å². The zero-order chi connectivity index (χ0) is 8.44. The Labute approximate surface area is 74.4 Å². The van der Waals surface area contributed by atoms with Crippen molar-refractivity contribution in [3.05, 3.63) is 0 Å². The van der Waals surface area contributed by atoms with E-state index >= 15 is 0 Å². The van der Waals surface area contributed by atoms with Crippen molar-refractivity contribution in [3.8, 4) is 0 Å². The first-order chi connectivity index (χ1) is 5.85. The standard InChI is InChI=1S/C10H19NO/c12-7-9-6-10(8-11-9)4-2-1-3-5-10/h9,11-12H,1-8H2. The third kappa shape index (κ3) is 1.50. The van der Waals surface area contributed by atoms with E-state index in [0.717, 1.165) is 6.54 Å². The molecule has 1 aliphatic heterocycles. The average Bonchev–Trinajstić information content (AvgIpc) is 2.50. The SMILES string of the molecule is OCC1CC2(CCCCC2)CN1. The van der Waals surface area contributed by atoms with Crippen LogP contribution in [0.3, 0.4) is 0 Å². The van der Waals surface area contributed by atoms with Crippen LogP contribution in [0.25, 0.3) is 0 Å². The Bertz CT molecular complexity index is 152. The Hall–Kier alpha value is -0.0800. The maximum Gasteiger partial charge on any atom is 0.0584 e. The highest BCUT2D eigenvalue weighted by atomic mass is 16.3. The van der Waals surface area contributed by atoms with Crippen molar-refractivity contribution in [2.24, 2.45) is 5.41 Å². The number of aliphatic hydroxyl groups is 1. The van der Waals surface area contributed by atoms with Crippen molar-refractivity contribution in [1.82, 2.24) is 5.32 Å². The maximum absolute atomic E-state index is 9.02. The molecule has 2 heteroatoms. The predicted molar refractivity (Wildman–Crippen MR) is 49.0 cm³/mol. The van der Waals surface area contributed by atoms with Gasteiger partial charge in [0.15, 0.2) is 0 Å². The van der Waals surface area contributed by atoms with Crippen LogP contribution in [-0.4, -0.2) is 24.3 Å². The van der Waals surface area contributed by atoms with Crippen molar-refractivity contribution in [3.63, 3.8) is 0 Å². The van der Waals surface area contributed by atoms with Gasteiger partial charge in [-0.1, -0.05) is 19.3 Å². The largest absolute Gasteiger partial charge is 0.395 e. The summed E-state index contributed by atoms with van der Waals surface area (Å²) in [6.07, 6.45) is 8.21. The fourth-order valence-corrected chi connectivity index (χ4v) is 2.84. The van der Waals surface area contributed by atoms with Gasteiger partial charge in [-0.05, 0) is 24.7 Å². The van der Waals surface area contributed by atoms with Crippen molar-refractivity contribution in [1.29, 1.82) is 0 Å². The lowest BCUT2D eigenvalue weighted by atomic mass is 9.73. The van der Waals surface area contributed by atoms with E-state index in [4.69, 9.17) is 5.11 Å². The Kier molecular flexibility index (Phi) is 2.37. The fraction of sp³-hybridized carbons (Fsp3) is 1.00. The van der Waals surface area contributed by atoms with Gasteiger partial charge in [0, 0.05) is 12.6 Å². The van der Waals surface area contributed by atoms with E-state index in [0.29, 0.717) is 18.1 Å². The van der Waals surface area contributed by atoms with Crippen LogP contribution in [-0.2, 0) is 0 Å². The minimum Gasteiger partial charge on any atom is -0.395 e. The normalized spacial score (nSPS) is 34.2. The summed E-state index contributed by atoms with van der Waals surface area (Å²) in [7, 11) is 0. The van der Waals surface area contributed by atoms with Crippen LogP contribution in [0.15, 0.2) is 0 Å². The second-order valence-electron chi connectivity index (χ2n) is 4.53. The Balaban J connectivity index is 1.94. The number of rotatable bonds is 1. The number of aliphatic hydroxyl groups excluding tert-OH is 1. The van der Waals surface area contributed by atoms with Crippen LogP contribution >= 0.6 is 0 Å². The molecule has 0 aromatic carbocycles. The first-order valence-corrected chi connectivity index (χ1v) is 5.19. The number of hydrogen-bond donors (Lipinski definition) is 2. The molecule has 1 heterocycles. The first-order valence-electron chi connectivity index (χ1n) is 5.19. The van der Waals surface area contributed by atoms with Gasteiger partial charge in [-0.3, -0.25) is 0 Å². The number of hydrogen-bond acceptors (Lipinski definition) is 2. The van der Waals surface area contributed by atoms with Crippen molar-refractivity contribution >= 4 is 0 Å². The molecule has 1 saturated carbocycles. The van der Waals surface area contributed by atoms with Crippen LogP contribution in [0.4, 0.5) is 0 Å². The van der Waals surface area contributed by atoms with Gasteiger partial charge < -0.3 is 10.4 Å². The predicted octanol–water partition coefficient (Wildman–Crippen LogP) is 1.29. The van der Waals surface area contributed by atoms with Crippen LogP contribution < -0.4 is 5.32 Å². The molecule has 70 valence electrons. The van der Waals surface area contributed by atoms with Gasteiger partial charge in [0.2, 0.25) is 0 Å². The highest BCUT2D eigenvalue weighted by molar-refractivity contribution is 4.94. The minimum atomic E-state index is 0.321. The minimum absolute atomic E-state index is 0.321. The molecule has 0 bridgehead atoms. The molecule has 2 fully saturated rings. The third-order valence-corrected chi connectivity index (χ3v) is 3.58. The summed E-state index contributed by atoms with van der Waals surface area (Å²) in [6.45, 7) is 1.47. The monoisotopic (exact) mass is 169 g/mol. The van der Waals surface area contributed by atoms with E-state index < -0.39 is 0 Å². The molecule has 2 rings (SSSR count). The zero-order valence-electron chi connectivity index (χ0n) is 7.68. The molecular formula is C10H19NO. The van der Waals surface area contributed by atoms with E-state index in [9.17, 15) is 0 Å². The summed E-state index contributed by atoms with van der Waals surface area (Å²) in [5.74, 6) is 0. The van der Waals surface area contributed by atoms with E-state index in [1.54, 1.807) is 0 Å². The quantitative estimate of drug-likeness (QED) is 0.620. The van der Waals surface area contributed by atoms with Crippen LogP contribution in [0, 0.1) is 5.41 Å². The lowest BCUT2D eigenvalue weighted by Crippen LogP contribution is -2.26. The number of nitrogens with one attached hydrogen (secondary N) is 1. The van der Waals surface area contributed by atoms with Gasteiger partial charge in [0.25, 0.3) is 0 Å².